The van der Waals surface area contributed by atoms with Crippen LogP contribution in [0.15, 0.2) is 40.2 Å². The van der Waals surface area contributed by atoms with Gasteiger partial charge in [0.05, 0.1) is 11.1 Å². The van der Waals surface area contributed by atoms with Crippen LogP contribution in [0.3, 0.4) is 0 Å². The van der Waals surface area contributed by atoms with Gasteiger partial charge in [-0.25, -0.2) is 0 Å². The molecule has 2 N–H and O–H groups in total. The van der Waals surface area contributed by atoms with Crippen LogP contribution in [0.4, 0.5) is 0 Å². The number of benzene rings is 1. The third kappa shape index (κ3) is 3.57. The molecule has 1 unspecified atom stereocenters. The highest BCUT2D eigenvalue weighted by Crippen LogP contribution is 2.28. The van der Waals surface area contributed by atoms with E-state index in [0.29, 0.717) is 6.61 Å². The van der Waals surface area contributed by atoms with Gasteiger partial charge in [-0.3, -0.25) is 0 Å². The summed E-state index contributed by atoms with van der Waals surface area (Å²) in [5.41, 5.74) is 6.94. The largest absolute Gasteiger partial charge is 0.492 e. The van der Waals surface area contributed by atoms with Gasteiger partial charge in [-0.1, -0.05) is 12.1 Å². The third-order valence-electron chi connectivity index (χ3n) is 2.67. The Labute approximate surface area is 120 Å². The molecule has 0 amide bonds. The molecule has 4 heteroatoms. The first kappa shape index (κ1) is 13.6. The van der Waals surface area contributed by atoms with Crippen molar-refractivity contribution in [1.82, 2.24) is 0 Å². The summed E-state index contributed by atoms with van der Waals surface area (Å²) >= 11 is 5.28. The van der Waals surface area contributed by atoms with E-state index in [4.69, 9.17) is 10.5 Å². The lowest BCUT2D eigenvalue weighted by Gasteiger charge is -2.11. The number of hydrogen-bond acceptors (Lipinski definition) is 3. The van der Waals surface area contributed by atoms with Crippen LogP contribution in [-0.4, -0.2) is 6.61 Å². The van der Waals surface area contributed by atoms with Crippen molar-refractivity contribution in [1.29, 1.82) is 0 Å². The van der Waals surface area contributed by atoms with Crippen LogP contribution in [0.5, 0.6) is 5.75 Å². The van der Waals surface area contributed by atoms with Crippen molar-refractivity contribution in [3.05, 3.63) is 50.6 Å². The lowest BCUT2D eigenvalue weighted by Crippen LogP contribution is -2.05. The predicted molar refractivity (Wildman–Crippen MR) is 80.3 cm³/mol. The van der Waals surface area contributed by atoms with Gasteiger partial charge in [-0.2, -0.15) is 0 Å². The highest BCUT2D eigenvalue weighted by molar-refractivity contribution is 9.10. The van der Waals surface area contributed by atoms with Crippen LogP contribution in [0.2, 0.25) is 0 Å². The first-order chi connectivity index (χ1) is 8.66. The molecular formula is C14H16BrNOS. The van der Waals surface area contributed by atoms with E-state index in [1.165, 1.54) is 4.88 Å². The van der Waals surface area contributed by atoms with Crippen LogP contribution in [0.1, 0.15) is 23.4 Å². The van der Waals surface area contributed by atoms with Gasteiger partial charge in [-0.15, -0.1) is 11.3 Å². The quantitative estimate of drug-likeness (QED) is 0.896. The summed E-state index contributed by atoms with van der Waals surface area (Å²) in [6, 6.07) is 10.2. The van der Waals surface area contributed by atoms with E-state index in [-0.39, 0.29) is 6.04 Å². The van der Waals surface area contributed by atoms with Crippen molar-refractivity contribution in [2.24, 2.45) is 5.73 Å². The summed E-state index contributed by atoms with van der Waals surface area (Å²) < 4.78 is 6.73. The lowest BCUT2D eigenvalue weighted by atomic mass is 10.1. The molecule has 18 heavy (non-hydrogen) atoms. The monoisotopic (exact) mass is 325 g/mol. The van der Waals surface area contributed by atoms with Crippen molar-refractivity contribution < 1.29 is 4.74 Å². The number of rotatable bonds is 5. The molecule has 0 bridgehead atoms. The molecule has 1 heterocycles. The van der Waals surface area contributed by atoms with Gasteiger partial charge in [0.1, 0.15) is 5.75 Å². The Bertz CT molecular complexity index is 497. The summed E-state index contributed by atoms with van der Waals surface area (Å²) in [5, 5.41) is 2.09. The molecule has 96 valence electrons. The van der Waals surface area contributed by atoms with Crippen molar-refractivity contribution in [3.63, 3.8) is 0 Å². The molecule has 0 saturated heterocycles. The van der Waals surface area contributed by atoms with Crippen molar-refractivity contribution >= 4 is 27.3 Å². The van der Waals surface area contributed by atoms with E-state index in [9.17, 15) is 0 Å². The summed E-state index contributed by atoms with van der Waals surface area (Å²) in [5.74, 6) is 0.871. The first-order valence-electron chi connectivity index (χ1n) is 5.87. The Morgan fingerprint density at radius 2 is 2.22 bits per heavy atom. The van der Waals surface area contributed by atoms with Gasteiger partial charge in [0, 0.05) is 17.3 Å². The van der Waals surface area contributed by atoms with Crippen molar-refractivity contribution in [2.45, 2.75) is 19.4 Å². The topological polar surface area (TPSA) is 35.2 Å². The van der Waals surface area contributed by atoms with E-state index in [2.05, 4.69) is 33.4 Å². The molecule has 0 aliphatic carbocycles. The summed E-state index contributed by atoms with van der Waals surface area (Å²) in [6.07, 6.45) is 0.944. The summed E-state index contributed by atoms with van der Waals surface area (Å²) in [4.78, 5) is 1.35. The van der Waals surface area contributed by atoms with Crippen LogP contribution >= 0.6 is 27.3 Å². The van der Waals surface area contributed by atoms with E-state index in [1.807, 2.05) is 25.1 Å². The van der Waals surface area contributed by atoms with Crippen LogP contribution in [0.25, 0.3) is 0 Å². The molecule has 1 aromatic heterocycles. The molecular weight excluding hydrogens is 310 g/mol. The van der Waals surface area contributed by atoms with Gasteiger partial charge in [0.15, 0.2) is 0 Å². The molecule has 0 radical (unpaired) electrons. The van der Waals surface area contributed by atoms with E-state index in [1.54, 1.807) is 11.3 Å². The number of halogens is 1. The Balaban J connectivity index is 1.93. The molecule has 0 aliphatic heterocycles. The molecule has 2 rings (SSSR count). The maximum absolute atomic E-state index is 5.84. The highest BCUT2D eigenvalue weighted by atomic mass is 79.9. The Kier molecular flexibility index (Phi) is 4.80. The zero-order chi connectivity index (χ0) is 13.0. The SMILES string of the molecule is CC(N)c1ccc(OCCc2cccs2)c(Br)c1. The maximum Gasteiger partial charge on any atom is 0.133 e. The van der Waals surface area contributed by atoms with Gasteiger partial charge in [0.2, 0.25) is 0 Å². The molecule has 0 fully saturated rings. The zero-order valence-electron chi connectivity index (χ0n) is 10.2. The minimum atomic E-state index is 0.0430. The van der Waals surface area contributed by atoms with E-state index in [0.717, 1.165) is 22.2 Å². The zero-order valence-corrected chi connectivity index (χ0v) is 12.6. The third-order valence-corrected chi connectivity index (χ3v) is 4.22. The molecule has 0 saturated carbocycles. The maximum atomic E-state index is 5.84. The fourth-order valence-corrected chi connectivity index (χ4v) is 2.83. The van der Waals surface area contributed by atoms with Crippen molar-refractivity contribution in [3.8, 4) is 5.75 Å². The van der Waals surface area contributed by atoms with Crippen LogP contribution < -0.4 is 10.5 Å². The van der Waals surface area contributed by atoms with E-state index >= 15 is 0 Å². The lowest BCUT2D eigenvalue weighted by molar-refractivity contribution is 0.321. The van der Waals surface area contributed by atoms with Crippen LogP contribution in [-0.2, 0) is 6.42 Å². The summed E-state index contributed by atoms with van der Waals surface area (Å²) in [7, 11) is 0. The number of thiophene rings is 1. The Morgan fingerprint density at radius 1 is 1.39 bits per heavy atom. The number of ether oxygens (including phenoxy) is 1. The van der Waals surface area contributed by atoms with Gasteiger partial charge in [-0.05, 0) is 52.0 Å². The molecule has 0 aliphatic rings. The average molecular weight is 326 g/mol. The molecule has 2 nitrogen and oxygen atoms in total. The molecule has 2 aromatic rings. The van der Waals surface area contributed by atoms with Gasteiger partial charge < -0.3 is 10.5 Å². The van der Waals surface area contributed by atoms with Gasteiger partial charge in [0.25, 0.3) is 0 Å². The fourth-order valence-electron chi connectivity index (χ4n) is 1.63. The second kappa shape index (κ2) is 6.36. The molecule has 0 spiro atoms. The van der Waals surface area contributed by atoms with Crippen LogP contribution in [0, 0.1) is 0 Å². The van der Waals surface area contributed by atoms with Gasteiger partial charge >= 0.3 is 0 Å². The molecule has 1 aromatic carbocycles. The first-order valence-corrected chi connectivity index (χ1v) is 7.54. The summed E-state index contributed by atoms with van der Waals surface area (Å²) in [6.45, 7) is 2.66. The Hall–Kier alpha value is -0.840. The standard InChI is InChI=1S/C14H16BrNOS/c1-10(16)11-4-5-14(13(15)9-11)17-7-6-12-3-2-8-18-12/h2-5,8-10H,6-7,16H2,1H3. The highest BCUT2D eigenvalue weighted by Gasteiger charge is 2.05. The average Bonchev–Trinajstić information content (AvgIpc) is 2.84. The van der Waals surface area contributed by atoms with Crippen molar-refractivity contribution in [2.75, 3.05) is 6.61 Å². The second-order valence-corrected chi connectivity index (χ2v) is 6.04. The number of nitrogens with two attached hydrogens (primary N) is 1. The normalized spacial score (nSPS) is 12.4. The van der Waals surface area contributed by atoms with E-state index < -0.39 is 0 Å². The second-order valence-electron chi connectivity index (χ2n) is 4.16. The Morgan fingerprint density at radius 3 is 2.83 bits per heavy atom. The minimum absolute atomic E-state index is 0.0430. The smallest absolute Gasteiger partial charge is 0.133 e. The predicted octanol–water partition coefficient (Wildman–Crippen LogP) is 4.15. The molecule has 1 atom stereocenters. The number of hydrogen-bond donors (Lipinski definition) is 1. The fraction of sp³-hybridized carbons (Fsp3) is 0.286. The minimum Gasteiger partial charge on any atom is -0.492 e.